The smallest absolute Gasteiger partial charge is 0.385 e. The molecule has 0 amide bonds. The van der Waals surface area contributed by atoms with Crippen molar-refractivity contribution >= 4 is 0 Å². The summed E-state index contributed by atoms with van der Waals surface area (Å²) in [6.45, 7) is 1.29. The lowest BCUT2D eigenvalue weighted by Gasteiger charge is -2.05. The molecule has 0 aliphatic heterocycles. The second kappa shape index (κ2) is 4.33. The normalized spacial score (nSPS) is 13.6. The van der Waals surface area contributed by atoms with E-state index in [4.69, 9.17) is 0 Å². The molecule has 6 nitrogen and oxygen atoms in total. The number of hydrogen-bond donors (Lipinski definition) is 1. The molecule has 18 heavy (non-hydrogen) atoms. The molecule has 0 saturated heterocycles. The van der Waals surface area contributed by atoms with Crippen molar-refractivity contribution in [3.63, 3.8) is 0 Å². The minimum Gasteiger partial charge on any atom is -0.385 e. The Balaban J connectivity index is 2.56. The predicted molar refractivity (Wildman–Crippen MR) is 52.6 cm³/mol. The minimum absolute atomic E-state index is 0.101. The Morgan fingerprint density at radius 2 is 2.11 bits per heavy atom. The molecule has 0 saturated carbocycles. The lowest BCUT2D eigenvalue weighted by atomic mass is 10.4. The molecule has 0 bridgehead atoms. The van der Waals surface area contributed by atoms with Crippen molar-refractivity contribution in [2.75, 3.05) is 0 Å². The molecule has 2 aromatic rings. The second-order valence-electron chi connectivity index (χ2n) is 3.45. The molecule has 1 unspecified atom stereocenters. The first kappa shape index (κ1) is 12.4. The Morgan fingerprint density at radius 3 is 2.61 bits per heavy atom. The molecular weight excluding hydrogens is 251 g/mol. The van der Waals surface area contributed by atoms with Crippen LogP contribution in [0.5, 0.6) is 0 Å². The zero-order valence-corrected chi connectivity index (χ0v) is 9.13. The molecule has 2 heterocycles. The summed E-state index contributed by atoms with van der Waals surface area (Å²) in [7, 11) is 0. The van der Waals surface area contributed by atoms with E-state index < -0.39 is 18.1 Å². The molecule has 2 rings (SSSR count). The van der Waals surface area contributed by atoms with Crippen LogP contribution in [0, 0.1) is 0 Å². The van der Waals surface area contributed by atoms with Gasteiger partial charge in [0, 0.05) is 12.3 Å². The first-order valence-corrected chi connectivity index (χ1v) is 4.88. The molecule has 1 N–H and O–H groups in total. The molecular formula is C9H8F3N5O. The quantitative estimate of drug-likeness (QED) is 0.874. The summed E-state index contributed by atoms with van der Waals surface area (Å²) < 4.78 is 38.4. The number of alkyl halides is 3. The third kappa shape index (κ3) is 2.30. The number of aliphatic hydroxyl groups is 1. The van der Waals surface area contributed by atoms with Crippen molar-refractivity contribution in [2.45, 2.75) is 19.2 Å². The lowest BCUT2D eigenvalue weighted by molar-refractivity contribution is -0.144. The summed E-state index contributed by atoms with van der Waals surface area (Å²) in [5.74, 6) is -1.46. The third-order valence-corrected chi connectivity index (χ3v) is 2.04. The van der Waals surface area contributed by atoms with Gasteiger partial charge in [-0.15, -0.1) is 5.10 Å². The van der Waals surface area contributed by atoms with Gasteiger partial charge in [-0.2, -0.15) is 17.9 Å². The number of aliphatic hydroxyl groups excluding tert-OH is 1. The highest BCUT2D eigenvalue weighted by Gasteiger charge is 2.37. The SMILES string of the molecule is CC(O)c1nc(C(F)(F)F)nn1-c1ccncn1. The summed E-state index contributed by atoms with van der Waals surface area (Å²) in [5, 5.41) is 12.7. The zero-order chi connectivity index (χ0) is 13.3. The van der Waals surface area contributed by atoms with Crippen LogP contribution in [0.15, 0.2) is 18.6 Å². The summed E-state index contributed by atoms with van der Waals surface area (Å²) >= 11 is 0. The molecule has 0 aliphatic carbocycles. The van der Waals surface area contributed by atoms with E-state index in [9.17, 15) is 18.3 Å². The molecule has 0 spiro atoms. The van der Waals surface area contributed by atoms with Gasteiger partial charge in [-0.1, -0.05) is 0 Å². The van der Waals surface area contributed by atoms with Crippen molar-refractivity contribution in [1.29, 1.82) is 0 Å². The van der Waals surface area contributed by atoms with Crippen LogP contribution in [-0.4, -0.2) is 29.8 Å². The van der Waals surface area contributed by atoms with E-state index in [1.54, 1.807) is 0 Å². The van der Waals surface area contributed by atoms with Crippen LogP contribution >= 0.6 is 0 Å². The van der Waals surface area contributed by atoms with Gasteiger partial charge in [0.1, 0.15) is 12.4 Å². The highest BCUT2D eigenvalue weighted by molar-refractivity contribution is 5.20. The maximum Gasteiger partial charge on any atom is 0.453 e. The van der Waals surface area contributed by atoms with Gasteiger partial charge in [0.2, 0.25) is 0 Å². The van der Waals surface area contributed by atoms with Crippen molar-refractivity contribution < 1.29 is 18.3 Å². The van der Waals surface area contributed by atoms with E-state index >= 15 is 0 Å². The van der Waals surface area contributed by atoms with Gasteiger partial charge in [-0.05, 0) is 6.92 Å². The number of nitrogens with zero attached hydrogens (tertiary/aromatic N) is 5. The lowest BCUT2D eigenvalue weighted by Crippen LogP contribution is -2.09. The van der Waals surface area contributed by atoms with Crippen molar-refractivity contribution in [2.24, 2.45) is 0 Å². The first-order chi connectivity index (χ1) is 8.39. The van der Waals surface area contributed by atoms with Crippen LogP contribution in [0.2, 0.25) is 0 Å². The van der Waals surface area contributed by atoms with E-state index in [2.05, 4.69) is 20.1 Å². The summed E-state index contributed by atoms with van der Waals surface area (Å²) in [4.78, 5) is 10.7. The topological polar surface area (TPSA) is 76.7 Å². The standard InChI is InChI=1S/C9H8F3N5O/c1-5(18)7-15-8(9(10,11)12)16-17(7)6-2-3-13-4-14-6/h2-5,18H,1H3. The third-order valence-electron chi connectivity index (χ3n) is 2.04. The van der Waals surface area contributed by atoms with Gasteiger partial charge in [0.05, 0.1) is 0 Å². The molecule has 2 aromatic heterocycles. The summed E-state index contributed by atoms with van der Waals surface area (Å²) in [6.07, 6.45) is -3.37. The number of rotatable bonds is 2. The largest absolute Gasteiger partial charge is 0.453 e. The van der Waals surface area contributed by atoms with Crippen LogP contribution in [0.1, 0.15) is 24.7 Å². The molecule has 96 valence electrons. The van der Waals surface area contributed by atoms with E-state index in [-0.39, 0.29) is 11.6 Å². The maximum absolute atomic E-state index is 12.5. The number of aromatic nitrogens is 5. The monoisotopic (exact) mass is 259 g/mol. The van der Waals surface area contributed by atoms with E-state index in [1.807, 2.05) is 0 Å². The highest BCUT2D eigenvalue weighted by atomic mass is 19.4. The zero-order valence-electron chi connectivity index (χ0n) is 9.13. The fourth-order valence-electron chi connectivity index (χ4n) is 1.29. The van der Waals surface area contributed by atoms with Gasteiger partial charge in [-0.3, -0.25) is 0 Å². The van der Waals surface area contributed by atoms with E-state index in [1.165, 1.54) is 19.2 Å². The number of hydrogen-bond acceptors (Lipinski definition) is 5. The minimum atomic E-state index is -4.68. The second-order valence-corrected chi connectivity index (χ2v) is 3.45. The van der Waals surface area contributed by atoms with Gasteiger partial charge in [0.15, 0.2) is 11.6 Å². The molecule has 9 heteroatoms. The number of halogens is 3. The highest BCUT2D eigenvalue weighted by Crippen LogP contribution is 2.28. The summed E-state index contributed by atoms with van der Waals surface area (Å²) in [6, 6.07) is 1.36. The van der Waals surface area contributed by atoms with E-state index in [0.29, 0.717) is 0 Å². The van der Waals surface area contributed by atoms with Crippen LogP contribution in [0.25, 0.3) is 5.82 Å². The first-order valence-electron chi connectivity index (χ1n) is 4.88. The van der Waals surface area contributed by atoms with Crippen LogP contribution in [-0.2, 0) is 6.18 Å². The summed E-state index contributed by atoms with van der Waals surface area (Å²) in [5.41, 5.74) is 0. The predicted octanol–water partition coefficient (Wildman–Crippen LogP) is 1.13. The van der Waals surface area contributed by atoms with Gasteiger partial charge >= 0.3 is 6.18 Å². The van der Waals surface area contributed by atoms with Crippen molar-refractivity contribution in [3.05, 3.63) is 30.2 Å². The van der Waals surface area contributed by atoms with Gasteiger partial charge in [0.25, 0.3) is 5.82 Å². The molecule has 0 fully saturated rings. The Bertz CT molecular complexity index is 537. The molecule has 1 atom stereocenters. The average Bonchev–Trinajstić information content (AvgIpc) is 2.74. The van der Waals surface area contributed by atoms with Crippen LogP contribution < -0.4 is 0 Å². The Morgan fingerprint density at radius 1 is 1.39 bits per heavy atom. The Kier molecular flexibility index (Phi) is 2.99. The van der Waals surface area contributed by atoms with Gasteiger partial charge in [-0.25, -0.2) is 15.0 Å². The Labute approximate surface area is 99.1 Å². The van der Waals surface area contributed by atoms with Crippen LogP contribution in [0.3, 0.4) is 0 Å². The Hall–Kier alpha value is -2.03. The fourth-order valence-corrected chi connectivity index (χ4v) is 1.29. The van der Waals surface area contributed by atoms with Crippen molar-refractivity contribution in [3.8, 4) is 5.82 Å². The molecule has 0 aromatic carbocycles. The van der Waals surface area contributed by atoms with Crippen molar-refractivity contribution in [1.82, 2.24) is 24.7 Å². The fraction of sp³-hybridized carbons (Fsp3) is 0.333. The molecule has 0 radical (unpaired) electrons. The van der Waals surface area contributed by atoms with E-state index in [0.717, 1.165) is 11.0 Å². The van der Waals surface area contributed by atoms with Crippen LogP contribution in [0.4, 0.5) is 13.2 Å². The molecule has 0 aliphatic rings. The maximum atomic E-state index is 12.5. The van der Waals surface area contributed by atoms with Gasteiger partial charge < -0.3 is 5.11 Å². The average molecular weight is 259 g/mol.